The lowest BCUT2D eigenvalue weighted by Crippen LogP contribution is -2.29. The van der Waals surface area contributed by atoms with Crippen LogP contribution in [0.25, 0.3) is 27.6 Å². The highest BCUT2D eigenvalue weighted by molar-refractivity contribution is 5.89. The molecular formula is C26H28N6. The Bertz CT molecular complexity index is 1250. The number of likely N-dealkylation sites (tertiary alicyclic amines) is 1. The van der Waals surface area contributed by atoms with Gasteiger partial charge in [0.05, 0.1) is 11.9 Å². The molecule has 0 amide bonds. The molecule has 1 aliphatic heterocycles. The third kappa shape index (κ3) is 4.55. The second-order valence-electron chi connectivity index (χ2n) is 8.51. The fraction of sp³-hybridized carbons (Fsp3) is 0.269. The summed E-state index contributed by atoms with van der Waals surface area (Å²) in [5.74, 6) is 0.778. The molecule has 0 bridgehead atoms. The Morgan fingerprint density at radius 1 is 0.969 bits per heavy atom. The fourth-order valence-electron chi connectivity index (χ4n) is 4.28. The Morgan fingerprint density at radius 2 is 1.84 bits per heavy atom. The summed E-state index contributed by atoms with van der Waals surface area (Å²) in [4.78, 5) is 11.6. The molecule has 5 rings (SSSR count). The van der Waals surface area contributed by atoms with Gasteiger partial charge in [0.25, 0.3) is 0 Å². The van der Waals surface area contributed by atoms with Gasteiger partial charge in [0.1, 0.15) is 5.82 Å². The normalized spacial score (nSPS) is 14.5. The minimum absolute atomic E-state index is 0.778. The molecule has 0 atom stereocenters. The number of fused-ring (bicyclic) bond motifs is 1. The van der Waals surface area contributed by atoms with Crippen LogP contribution >= 0.6 is 0 Å². The molecule has 0 saturated carbocycles. The Hall–Kier alpha value is -3.51. The van der Waals surface area contributed by atoms with E-state index in [0.29, 0.717) is 0 Å². The van der Waals surface area contributed by atoms with Crippen molar-refractivity contribution < 1.29 is 0 Å². The number of pyridine rings is 2. The number of nitrogens with zero attached hydrogens (tertiary/aromatic N) is 5. The smallest absolute Gasteiger partial charge is 0.130 e. The number of hydrogen-bond donors (Lipinski definition) is 1. The number of benzene rings is 1. The van der Waals surface area contributed by atoms with Gasteiger partial charge in [-0.3, -0.25) is 14.6 Å². The van der Waals surface area contributed by atoms with Gasteiger partial charge in [-0.1, -0.05) is 25.1 Å². The molecule has 6 nitrogen and oxygen atoms in total. The van der Waals surface area contributed by atoms with Crippen molar-refractivity contribution in [3.63, 3.8) is 0 Å². The first-order chi connectivity index (χ1) is 15.6. The monoisotopic (exact) mass is 424 g/mol. The van der Waals surface area contributed by atoms with E-state index in [-0.39, 0.29) is 0 Å². The van der Waals surface area contributed by atoms with Crippen LogP contribution in [-0.2, 0) is 13.6 Å². The average molecular weight is 425 g/mol. The van der Waals surface area contributed by atoms with E-state index in [2.05, 4.69) is 62.2 Å². The number of nitrogens with one attached hydrogen (secondary N) is 1. The predicted molar refractivity (Wildman–Crippen MR) is 130 cm³/mol. The molecule has 32 heavy (non-hydrogen) atoms. The fourth-order valence-corrected chi connectivity index (χ4v) is 4.28. The third-order valence-corrected chi connectivity index (χ3v) is 6.04. The molecule has 1 N–H and O–H groups in total. The van der Waals surface area contributed by atoms with Crippen LogP contribution in [-0.4, -0.2) is 37.7 Å². The van der Waals surface area contributed by atoms with Gasteiger partial charge in [0.2, 0.25) is 0 Å². The maximum absolute atomic E-state index is 4.58. The van der Waals surface area contributed by atoms with Crippen molar-refractivity contribution in [2.24, 2.45) is 7.05 Å². The molecule has 162 valence electrons. The van der Waals surface area contributed by atoms with E-state index in [0.717, 1.165) is 64.3 Å². The highest BCUT2D eigenvalue weighted by Gasteiger charge is 2.12. The van der Waals surface area contributed by atoms with Crippen molar-refractivity contribution in [1.29, 1.82) is 0 Å². The van der Waals surface area contributed by atoms with Gasteiger partial charge in [-0.2, -0.15) is 5.10 Å². The standard InChI is InChI=1S/C26H28N6/c1-19(20-8-9-27-25(13-20)18-32-10-4-3-5-11-32)30-26-14-23-12-21(6-7-22(23)15-28-26)24-16-29-31(2)17-24/h6-9,12-17H,1,3-5,10-11,18H2,2H3,(H,28,30). The highest BCUT2D eigenvalue weighted by atomic mass is 15.2. The van der Waals surface area contributed by atoms with Crippen LogP contribution < -0.4 is 5.32 Å². The van der Waals surface area contributed by atoms with Crippen LogP contribution in [0, 0.1) is 0 Å². The summed E-state index contributed by atoms with van der Waals surface area (Å²) < 4.78 is 1.82. The van der Waals surface area contributed by atoms with Crippen molar-refractivity contribution in [2.45, 2.75) is 25.8 Å². The SMILES string of the molecule is C=C(Nc1cc2cc(-c3cnn(C)c3)ccc2cn1)c1ccnc(CN2CCCCC2)c1. The minimum Gasteiger partial charge on any atom is -0.340 e. The number of aromatic nitrogens is 4. The zero-order chi connectivity index (χ0) is 21.9. The second-order valence-corrected chi connectivity index (χ2v) is 8.51. The first kappa shape index (κ1) is 20.4. The maximum atomic E-state index is 4.58. The van der Waals surface area contributed by atoms with Crippen molar-refractivity contribution in [2.75, 3.05) is 18.4 Å². The van der Waals surface area contributed by atoms with E-state index in [1.807, 2.05) is 42.6 Å². The molecular weight excluding hydrogens is 396 g/mol. The molecule has 0 unspecified atom stereocenters. The highest BCUT2D eigenvalue weighted by Crippen LogP contribution is 2.26. The summed E-state index contributed by atoms with van der Waals surface area (Å²) in [7, 11) is 1.93. The van der Waals surface area contributed by atoms with E-state index >= 15 is 0 Å². The van der Waals surface area contributed by atoms with Gasteiger partial charge >= 0.3 is 0 Å². The van der Waals surface area contributed by atoms with Crippen LogP contribution in [0.3, 0.4) is 0 Å². The zero-order valence-electron chi connectivity index (χ0n) is 18.5. The number of anilines is 1. The summed E-state index contributed by atoms with van der Waals surface area (Å²) in [6, 6.07) is 12.6. The van der Waals surface area contributed by atoms with Gasteiger partial charge in [0, 0.05) is 54.4 Å². The maximum Gasteiger partial charge on any atom is 0.130 e. The molecule has 0 aliphatic carbocycles. The van der Waals surface area contributed by atoms with Crippen molar-refractivity contribution >= 4 is 22.3 Å². The molecule has 4 aromatic rings. The number of piperidine rings is 1. The summed E-state index contributed by atoms with van der Waals surface area (Å²) in [6.07, 6.45) is 11.6. The van der Waals surface area contributed by atoms with Crippen molar-refractivity contribution in [1.82, 2.24) is 24.6 Å². The zero-order valence-corrected chi connectivity index (χ0v) is 18.5. The summed E-state index contributed by atoms with van der Waals surface area (Å²) >= 11 is 0. The van der Waals surface area contributed by atoms with Crippen LogP contribution in [0.4, 0.5) is 5.82 Å². The van der Waals surface area contributed by atoms with Crippen molar-refractivity contribution in [3.8, 4) is 11.1 Å². The van der Waals surface area contributed by atoms with Crippen LogP contribution in [0.2, 0.25) is 0 Å². The predicted octanol–water partition coefficient (Wildman–Crippen LogP) is 5.10. The molecule has 1 fully saturated rings. The summed E-state index contributed by atoms with van der Waals surface area (Å²) in [5, 5.41) is 9.88. The molecule has 1 aromatic carbocycles. The quantitative estimate of drug-likeness (QED) is 0.467. The van der Waals surface area contributed by atoms with E-state index in [4.69, 9.17) is 0 Å². The Kier molecular flexibility index (Phi) is 5.69. The molecule has 0 radical (unpaired) electrons. The lowest BCUT2D eigenvalue weighted by Gasteiger charge is -2.26. The van der Waals surface area contributed by atoms with Gasteiger partial charge in [-0.25, -0.2) is 4.98 Å². The van der Waals surface area contributed by atoms with E-state index < -0.39 is 0 Å². The van der Waals surface area contributed by atoms with Gasteiger partial charge in [-0.15, -0.1) is 0 Å². The lowest BCUT2D eigenvalue weighted by molar-refractivity contribution is 0.218. The number of aryl methyl sites for hydroxylation is 1. The van der Waals surface area contributed by atoms with Crippen molar-refractivity contribution in [3.05, 3.63) is 79.0 Å². The molecule has 0 spiro atoms. The number of rotatable bonds is 6. The van der Waals surface area contributed by atoms with Gasteiger partial charge in [-0.05, 0) is 61.1 Å². The molecule has 1 saturated heterocycles. The molecule has 1 aliphatic rings. The van der Waals surface area contributed by atoms with Gasteiger partial charge in [0.15, 0.2) is 0 Å². The Morgan fingerprint density at radius 3 is 2.66 bits per heavy atom. The van der Waals surface area contributed by atoms with Crippen LogP contribution in [0.5, 0.6) is 0 Å². The number of hydrogen-bond acceptors (Lipinski definition) is 5. The summed E-state index contributed by atoms with van der Waals surface area (Å²) in [6.45, 7) is 7.47. The van der Waals surface area contributed by atoms with Crippen LogP contribution in [0.15, 0.2) is 67.8 Å². The van der Waals surface area contributed by atoms with E-state index in [1.165, 1.54) is 19.3 Å². The third-order valence-electron chi connectivity index (χ3n) is 6.04. The molecule has 4 heterocycles. The summed E-state index contributed by atoms with van der Waals surface area (Å²) in [5.41, 5.74) is 5.18. The molecule has 3 aromatic heterocycles. The van der Waals surface area contributed by atoms with E-state index in [1.54, 1.807) is 0 Å². The Balaban J connectivity index is 1.33. The van der Waals surface area contributed by atoms with Gasteiger partial charge < -0.3 is 5.32 Å². The first-order valence-corrected chi connectivity index (χ1v) is 11.2. The first-order valence-electron chi connectivity index (χ1n) is 11.2. The average Bonchev–Trinajstić information content (AvgIpc) is 3.26. The van der Waals surface area contributed by atoms with Crippen LogP contribution in [0.1, 0.15) is 30.5 Å². The molecule has 6 heteroatoms. The largest absolute Gasteiger partial charge is 0.340 e. The lowest BCUT2D eigenvalue weighted by atomic mass is 10.0. The minimum atomic E-state index is 0.778. The van der Waals surface area contributed by atoms with E-state index in [9.17, 15) is 0 Å². The second kappa shape index (κ2) is 8.93. The Labute approximate surface area is 188 Å². The topological polar surface area (TPSA) is 58.9 Å².